The quantitative estimate of drug-likeness (QED) is 0.865. The summed E-state index contributed by atoms with van der Waals surface area (Å²) >= 11 is 0. The first kappa shape index (κ1) is 15.9. The number of rotatable bonds is 3. The van der Waals surface area contributed by atoms with Crippen molar-refractivity contribution in [2.45, 2.75) is 58.5 Å². The maximum atomic E-state index is 12.5. The van der Waals surface area contributed by atoms with Gasteiger partial charge in [0, 0.05) is 30.3 Å². The molecule has 0 saturated heterocycles. The average molecular weight is 328 g/mol. The molecule has 0 spiro atoms. The van der Waals surface area contributed by atoms with E-state index in [0.29, 0.717) is 11.3 Å². The van der Waals surface area contributed by atoms with Crippen molar-refractivity contribution in [1.29, 1.82) is 0 Å². The van der Waals surface area contributed by atoms with Crippen LogP contribution in [0.4, 0.5) is 13.2 Å². The lowest BCUT2D eigenvalue weighted by molar-refractivity contribution is -0.142. The zero-order valence-electron chi connectivity index (χ0n) is 13.3. The highest BCUT2D eigenvalue weighted by molar-refractivity contribution is 5.65. The molecule has 1 aliphatic rings. The number of hydrogen-bond acceptors (Lipinski definition) is 3. The van der Waals surface area contributed by atoms with Crippen molar-refractivity contribution in [2.24, 2.45) is 0 Å². The van der Waals surface area contributed by atoms with Crippen molar-refractivity contribution in [3.8, 4) is 17.1 Å². The molecule has 3 rings (SSSR count). The van der Waals surface area contributed by atoms with E-state index >= 15 is 0 Å². The fourth-order valence-corrected chi connectivity index (χ4v) is 2.78. The highest BCUT2D eigenvalue weighted by atomic mass is 19.4. The maximum Gasteiger partial charge on any atom is 0.408 e. The molecule has 1 aliphatic heterocycles. The lowest BCUT2D eigenvalue weighted by Crippen LogP contribution is -2.23. The van der Waals surface area contributed by atoms with Gasteiger partial charge in [0.05, 0.1) is 12.3 Å². The SMILES string of the molecule is CC(C)c1c(-c2cnn(CC(F)(F)F)c2)nn2c1O[C@H](C)CC2. The largest absolute Gasteiger partial charge is 0.475 e. The number of hydrogen-bond donors (Lipinski definition) is 0. The summed E-state index contributed by atoms with van der Waals surface area (Å²) in [5.41, 5.74) is 2.15. The van der Waals surface area contributed by atoms with Crippen LogP contribution in [0.2, 0.25) is 0 Å². The first-order valence-corrected chi connectivity index (χ1v) is 7.61. The van der Waals surface area contributed by atoms with Crippen LogP contribution in [0.15, 0.2) is 12.4 Å². The Morgan fingerprint density at radius 1 is 1.39 bits per heavy atom. The number of fused-ring (bicyclic) bond motifs is 1. The number of aryl methyl sites for hydroxylation is 1. The molecule has 0 bridgehead atoms. The fourth-order valence-electron chi connectivity index (χ4n) is 2.78. The van der Waals surface area contributed by atoms with Crippen molar-refractivity contribution in [3.63, 3.8) is 0 Å². The molecule has 0 N–H and O–H groups in total. The third kappa shape index (κ3) is 3.20. The van der Waals surface area contributed by atoms with Crippen molar-refractivity contribution in [3.05, 3.63) is 18.0 Å². The third-order valence-electron chi connectivity index (χ3n) is 3.83. The Morgan fingerprint density at radius 3 is 2.78 bits per heavy atom. The van der Waals surface area contributed by atoms with Crippen molar-refractivity contribution < 1.29 is 17.9 Å². The van der Waals surface area contributed by atoms with Crippen LogP contribution in [0.25, 0.3) is 11.3 Å². The van der Waals surface area contributed by atoms with Crippen LogP contribution < -0.4 is 4.74 Å². The van der Waals surface area contributed by atoms with E-state index in [4.69, 9.17) is 4.74 Å². The minimum atomic E-state index is -4.30. The minimum Gasteiger partial charge on any atom is -0.475 e. The molecule has 23 heavy (non-hydrogen) atoms. The molecule has 0 radical (unpaired) electrons. The van der Waals surface area contributed by atoms with Gasteiger partial charge < -0.3 is 4.74 Å². The smallest absolute Gasteiger partial charge is 0.408 e. The number of nitrogens with zero attached hydrogens (tertiary/aromatic N) is 4. The summed E-state index contributed by atoms with van der Waals surface area (Å²) in [4.78, 5) is 0. The minimum absolute atomic E-state index is 0.109. The van der Waals surface area contributed by atoms with Gasteiger partial charge in [0.15, 0.2) is 0 Å². The topological polar surface area (TPSA) is 44.9 Å². The van der Waals surface area contributed by atoms with Gasteiger partial charge in [-0.2, -0.15) is 23.4 Å². The lowest BCUT2D eigenvalue weighted by atomic mass is 10.0. The Morgan fingerprint density at radius 2 is 2.13 bits per heavy atom. The fraction of sp³-hybridized carbons (Fsp3) is 0.600. The molecule has 2 aromatic heterocycles. The van der Waals surface area contributed by atoms with Crippen LogP contribution in [0.1, 0.15) is 38.7 Å². The Bertz CT molecular complexity index is 702. The van der Waals surface area contributed by atoms with Crippen molar-refractivity contribution >= 4 is 0 Å². The Hall–Kier alpha value is -1.99. The van der Waals surface area contributed by atoms with Gasteiger partial charge in [-0.25, -0.2) is 4.68 Å². The summed E-state index contributed by atoms with van der Waals surface area (Å²) in [5, 5.41) is 8.35. The van der Waals surface area contributed by atoms with Crippen molar-refractivity contribution in [1.82, 2.24) is 19.6 Å². The molecule has 126 valence electrons. The molecule has 8 heteroatoms. The first-order valence-electron chi connectivity index (χ1n) is 7.61. The zero-order valence-corrected chi connectivity index (χ0v) is 13.3. The summed E-state index contributed by atoms with van der Waals surface area (Å²) < 4.78 is 46.1. The molecule has 0 fully saturated rings. The van der Waals surface area contributed by atoms with Gasteiger partial charge in [-0.1, -0.05) is 13.8 Å². The Kier molecular flexibility index (Phi) is 3.85. The van der Waals surface area contributed by atoms with Gasteiger partial charge in [0.2, 0.25) is 5.88 Å². The molecule has 3 heterocycles. The lowest BCUT2D eigenvalue weighted by Gasteiger charge is -2.23. The van der Waals surface area contributed by atoms with E-state index in [-0.39, 0.29) is 12.0 Å². The van der Waals surface area contributed by atoms with E-state index in [1.807, 2.05) is 20.8 Å². The van der Waals surface area contributed by atoms with Crippen LogP contribution in [-0.2, 0) is 13.1 Å². The molecule has 2 aromatic rings. The highest BCUT2D eigenvalue weighted by Crippen LogP contribution is 2.38. The number of ether oxygens (including phenoxy) is 1. The van der Waals surface area contributed by atoms with E-state index in [1.54, 1.807) is 4.68 Å². The van der Waals surface area contributed by atoms with E-state index in [9.17, 15) is 13.2 Å². The monoisotopic (exact) mass is 328 g/mol. The summed E-state index contributed by atoms with van der Waals surface area (Å²) in [6.45, 7) is 5.67. The highest BCUT2D eigenvalue weighted by Gasteiger charge is 2.30. The van der Waals surface area contributed by atoms with Gasteiger partial charge >= 0.3 is 6.18 Å². The third-order valence-corrected chi connectivity index (χ3v) is 3.83. The van der Waals surface area contributed by atoms with Crippen LogP contribution in [-0.4, -0.2) is 31.8 Å². The summed E-state index contributed by atoms with van der Waals surface area (Å²) in [5.74, 6) is 0.863. The van der Waals surface area contributed by atoms with Gasteiger partial charge in [-0.15, -0.1) is 0 Å². The maximum absolute atomic E-state index is 12.5. The summed E-state index contributed by atoms with van der Waals surface area (Å²) in [6, 6.07) is 0. The molecule has 0 aromatic carbocycles. The second kappa shape index (κ2) is 5.58. The van der Waals surface area contributed by atoms with E-state index in [1.165, 1.54) is 12.4 Å². The number of aromatic nitrogens is 4. The molecule has 0 amide bonds. The van der Waals surface area contributed by atoms with Crippen molar-refractivity contribution in [2.75, 3.05) is 0 Å². The van der Waals surface area contributed by atoms with Crippen LogP contribution in [0.3, 0.4) is 0 Å². The summed E-state index contributed by atoms with van der Waals surface area (Å²) in [7, 11) is 0. The van der Waals surface area contributed by atoms with Crippen LogP contribution in [0, 0.1) is 0 Å². The number of halogens is 3. The molecule has 0 saturated carbocycles. The predicted octanol–water partition coefficient (Wildman–Crippen LogP) is 3.60. The zero-order chi connectivity index (χ0) is 16.8. The van der Waals surface area contributed by atoms with Gasteiger partial charge in [-0.3, -0.25) is 4.68 Å². The molecule has 1 atom stereocenters. The van der Waals surface area contributed by atoms with Crippen LogP contribution >= 0.6 is 0 Å². The Balaban J connectivity index is 2.00. The van der Waals surface area contributed by atoms with E-state index in [0.717, 1.165) is 29.1 Å². The van der Waals surface area contributed by atoms with Gasteiger partial charge in [0.1, 0.15) is 12.2 Å². The first-order chi connectivity index (χ1) is 10.7. The number of alkyl halides is 3. The van der Waals surface area contributed by atoms with E-state index < -0.39 is 12.7 Å². The molecular formula is C15H19F3N4O. The van der Waals surface area contributed by atoms with E-state index in [2.05, 4.69) is 10.2 Å². The molecule has 0 aliphatic carbocycles. The molecular weight excluding hydrogens is 309 g/mol. The molecule has 0 unspecified atom stereocenters. The summed E-state index contributed by atoms with van der Waals surface area (Å²) in [6.07, 6.45) is -0.515. The normalized spacial score (nSPS) is 18.1. The average Bonchev–Trinajstić information content (AvgIpc) is 2.99. The second-order valence-electron chi connectivity index (χ2n) is 6.20. The standard InChI is InChI=1S/C15H19F3N4O/c1-9(2)12-13(20-22-5-4-10(3)23-14(12)22)11-6-19-21(7-11)8-15(16,17)18/h6-7,9-10H,4-5,8H2,1-3H3/t10-/m1/s1. The predicted molar refractivity (Wildman–Crippen MR) is 78.3 cm³/mol. The Labute approximate surface area is 132 Å². The van der Waals surface area contributed by atoms with Gasteiger partial charge in [0.25, 0.3) is 0 Å². The van der Waals surface area contributed by atoms with Gasteiger partial charge in [-0.05, 0) is 12.8 Å². The second-order valence-corrected chi connectivity index (χ2v) is 6.20. The molecule has 5 nitrogen and oxygen atoms in total. The van der Waals surface area contributed by atoms with Crippen LogP contribution in [0.5, 0.6) is 5.88 Å².